The van der Waals surface area contributed by atoms with E-state index in [0.717, 1.165) is 39.0 Å². The van der Waals surface area contributed by atoms with E-state index in [-0.39, 0.29) is 11.8 Å². The third kappa shape index (κ3) is 2.85. The molecular weight excluding hydrogens is 250 g/mol. The fourth-order valence-electron chi connectivity index (χ4n) is 2.82. The van der Waals surface area contributed by atoms with Crippen molar-refractivity contribution < 1.29 is 4.79 Å². The first-order valence-electron chi connectivity index (χ1n) is 7.37. The molecule has 1 aliphatic rings. The van der Waals surface area contributed by atoms with Gasteiger partial charge in [0.05, 0.1) is 5.92 Å². The average Bonchev–Trinajstić information content (AvgIpc) is 3.13. The average molecular weight is 271 g/mol. The number of hydrogen-bond donors (Lipinski definition) is 2. The minimum atomic E-state index is 0.169. The van der Waals surface area contributed by atoms with Crippen LogP contribution < -0.4 is 10.6 Å². The van der Waals surface area contributed by atoms with E-state index in [1.807, 2.05) is 0 Å². The van der Waals surface area contributed by atoms with Crippen molar-refractivity contribution in [2.75, 3.05) is 19.6 Å². The van der Waals surface area contributed by atoms with Gasteiger partial charge in [0.15, 0.2) is 0 Å². The molecule has 106 valence electrons. The van der Waals surface area contributed by atoms with Crippen LogP contribution in [-0.4, -0.2) is 30.1 Å². The van der Waals surface area contributed by atoms with Crippen molar-refractivity contribution in [2.45, 2.75) is 19.4 Å². The van der Waals surface area contributed by atoms with Crippen LogP contribution in [0.5, 0.6) is 0 Å². The Morgan fingerprint density at radius 3 is 3.10 bits per heavy atom. The van der Waals surface area contributed by atoms with E-state index in [0.29, 0.717) is 0 Å². The van der Waals surface area contributed by atoms with E-state index in [1.165, 1.54) is 10.9 Å². The lowest BCUT2D eigenvalue weighted by atomic mass is 10.1. The summed E-state index contributed by atoms with van der Waals surface area (Å²) < 4.78 is 2.25. The molecule has 1 fully saturated rings. The minimum Gasteiger partial charge on any atom is -0.356 e. The lowest BCUT2D eigenvalue weighted by Gasteiger charge is -2.10. The molecule has 2 heterocycles. The number of rotatable bonds is 5. The van der Waals surface area contributed by atoms with Crippen LogP contribution in [0.25, 0.3) is 10.9 Å². The second-order valence-electron chi connectivity index (χ2n) is 5.40. The Balaban J connectivity index is 1.47. The monoisotopic (exact) mass is 271 g/mol. The van der Waals surface area contributed by atoms with Gasteiger partial charge in [0, 0.05) is 31.3 Å². The van der Waals surface area contributed by atoms with Crippen LogP contribution in [-0.2, 0) is 11.3 Å². The van der Waals surface area contributed by atoms with Gasteiger partial charge in [-0.1, -0.05) is 18.2 Å². The summed E-state index contributed by atoms with van der Waals surface area (Å²) in [6.45, 7) is 3.49. The molecule has 1 aromatic carbocycles. The number of hydrogen-bond acceptors (Lipinski definition) is 2. The molecule has 1 atom stereocenters. The minimum absolute atomic E-state index is 0.169. The standard InChI is InChI=1S/C16H21N3O/c20-16(14-6-9-17-12-14)18-8-3-10-19-11-7-13-4-1-2-5-15(13)19/h1-2,4-5,7,11,14,17H,3,6,8-10,12H2,(H,18,20). The summed E-state index contributed by atoms with van der Waals surface area (Å²) in [5.74, 6) is 0.370. The third-order valence-corrected chi connectivity index (χ3v) is 3.99. The van der Waals surface area contributed by atoms with Crippen molar-refractivity contribution in [2.24, 2.45) is 5.92 Å². The third-order valence-electron chi connectivity index (χ3n) is 3.99. The summed E-state index contributed by atoms with van der Waals surface area (Å²) in [6.07, 6.45) is 4.05. The normalized spacial score (nSPS) is 18.5. The predicted molar refractivity (Wildman–Crippen MR) is 80.5 cm³/mol. The van der Waals surface area contributed by atoms with Gasteiger partial charge in [0.25, 0.3) is 0 Å². The summed E-state index contributed by atoms with van der Waals surface area (Å²) in [5.41, 5.74) is 1.26. The molecule has 0 aliphatic carbocycles. The highest BCUT2D eigenvalue weighted by molar-refractivity contribution is 5.80. The quantitative estimate of drug-likeness (QED) is 0.814. The van der Waals surface area contributed by atoms with Crippen LogP contribution >= 0.6 is 0 Å². The van der Waals surface area contributed by atoms with Gasteiger partial charge in [-0.2, -0.15) is 0 Å². The lowest BCUT2D eigenvalue weighted by Crippen LogP contribution is -2.32. The molecule has 2 N–H and O–H groups in total. The van der Waals surface area contributed by atoms with E-state index in [1.54, 1.807) is 0 Å². The van der Waals surface area contributed by atoms with Gasteiger partial charge < -0.3 is 15.2 Å². The fourth-order valence-corrected chi connectivity index (χ4v) is 2.82. The molecule has 3 rings (SSSR count). The topological polar surface area (TPSA) is 46.1 Å². The largest absolute Gasteiger partial charge is 0.356 e. The van der Waals surface area contributed by atoms with Gasteiger partial charge in [0.1, 0.15) is 0 Å². The van der Waals surface area contributed by atoms with Crippen molar-refractivity contribution in [3.8, 4) is 0 Å². The first-order chi connectivity index (χ1) is 9.84. The van der Waals surface area contributed by atoms with Crippen LogP contribution in [0.3, 0.4) is 0 Å². The van der Waals surface area contributed by atoms with Gasteiger partial charge in [0.2, 0.25) is 5.91 Å². The lowest BCUT2D eigenvalue weighted by molar-refractivity contribution is -0.124. The highest BCUT2D eigenvalue weighted by Gasteiger charge is 2.21. The van der Waals surface area contributed by atoms with Crippen LogP contribution in [0.4, 0.5) is 0 Å². The zero-order chi connectivity index (χ0) is 13.8. The molecule has 1 amide bonds. The number of aryl methyl sites for hydroxylation is 1. The molecule has 1 saturated heterocycles. The van der Waals surface area contributed by atoms with E-state index in [4.69, 9.17) is 0 Å². The zero-order valence-corrected chi connectivity index (χ0v) is 11.6. The van der Waals surface area contributed by atoms with Crippen molar-refractivity contribution in [3.63, 3.8) is 0 Å². The van der Waals surface area contributed by atoms with E-state index >= 15 is 0 Å². The molecule has 0 radical (unpaired) electrons. The number of carbonyl (C=O) groups excluding carboxylic acids is 1. The number of nitrogens with zero attached hydrogens (tertiary/aromatic N) is 1. The van der Waals surface area contributed by atoms with E-state index in [2.05, 4.69) is 51.7 Å². The molecule has 4 nitrogen and oxygen atoms in total. The first-order valence-corrected chi connectivity index (χ1v) is 7.37. The molecule has 1 aromatic heterocycles. The highest BCUT2D eigenvalue weighted by Crippen LogP contribution is 2.15. The molecule has 20 heavy (non-hydrogen) atoms. The number of benzene rings is 1. The summed E-state index contributed by atoms with van der Waals surface area (Å²) in [6, 6.07) is 10.5. The fraction of sp³-hybridized carbons (Fsp3) is 0.438. The number of fused-ring (bicyclic) bond motifs is 1. The summed E-state index contributed by atoms with van der Waals surface area (Å²) in [5, 5.41) is 7.54. The Morgan fingerprint density at radius 2 is 2.25 bits per heavy atom. The number of aromatic nitrogens is 1. The smallest absolute Gasteiger partial charge is 0.224 e. The maximum Gasteiger partial charge on any atom is 0.224 e. The van der Waals surface area contributed by atoms with Gasteiger partial charge in [-0.25, -0.2) is 0 Å². The van der Waals surface area contributed by atoms with Gasteiger partial charge in [-0.05, 0) is 36.9 Å². The Morgan fingerprint density at radius 1 is 1.35 bits per heavy atom. The molecule has 2 aromatic rings. The molecule has 1 unspecified atom stereocenters. The molecule has 0 bridgehead atoms. The zero-order valence-electron chi connectivity index (χ0n) is 11.6. The SMILES string of the molecule is O=C(NCCCn1ccc2ccccc21)C1CCNC1. The van der Waals surface area contributed by atoms with Crippen LogP contribution in [0.2, 0.25) is 0 Å². The Labute approximate surface area is 119 Å². The van der Waals surface area contributed by atoms with E-state index < -0.39 is 0 Å². The molecule has 1 aliphatic heterocycles. The van der Waals surface area contributed by atoms with Gasteiger partial charge >= 0.3 is 0 Å². The first kappa shape index (κ1) is 13.2. The van der Waals surface area contributed by atoms with Crippen LogP contribution in [0, 0.1) is 5.92 Å². The molecular formula is C16H21N3O. The Kier molecular flexibility index (Phi) is 4.02. The van der Waals surface area contributed by atoms with Crippen molar-refractivity contribution in [1.29, 1.82) is 0 Å². The second kappa shape index (κ2) is 6.09. The van der Waals surface area contributed by atoms with Crippen molar-refractivity contribution in [3.05, 3.63) is 36.5 Å². The summed E-state index contributed by atoms with van der Waals surface area (Å²) in [7, 11) is 0. The number of amides is 1. The summed E-state index contributed by atoms with van der Waals surface area (Å²) in [4.78, 5) is 11.9. The Hall–Kier alpha value is -1.81. The maximum atomic E-state index is 11.9. The highest BCUT2D eigenvalue weighted by atomic mass is 16.1. The predicted octanol–water partition coefficient (Wildman–Crippen LogP) is 1.76. The van der Waals surface area contributed by atoms with Crippen LogP contribution in [0.15, 0.2) is 36.5 Å². The number of nitrogens with one attached hydrogen (secondary N) is 2. The molecule has 4 heteroatoms. The second-order valence-corrected chi connectivity index (χ2v) is 5.40. The molecule has 0 saturated carbocycles. The maximum absolute atomic E-state index is 11.9. The van der Waals surface area contributed by atoms with Crippen LogP contribution in [0.1, 0.15) is 12.8 Å². The summed E-state index contributed by atoms with van der Waals surface area (Å²) >= 11 is 0. The van der Waals surface area contributed by atoms with Gasteiger partial charge in [-0.15, -0.1) is 0 Å². The van der Waals surface area contributed by atoms with E-state index in [9.17, 15) is 4.79 Å². The van der Waals surface area contributed by atoms with Crippen molar-refractivity contribution >= 4 is 16.8 Å². The van der Waals surface area contributed by atoms with Gasteiger partial charge in [-0.3, -0.25) is 4.79 Å². The Bertz CT molecular complexity index is 584. The number of para-hydroxylation sites is 1. The van der Waals surface area contributed by atoms with Crippen molar-refractivity contribution in [1.82, 2.24) is 15.2 Å². The number of carbonyl (C=O) groups is 1. The molecule has 0 spiro atoms.